The molecule has 4 rings (SSSR count). The van der Waals surface area contributed by atoms with Crippen molar-refractivity contribution in [1.29, 1.82) is 0 Å². The van der Waals surface area contributed by atoms with Crippen molar-refractivity contribution in [2.75, 3.05) is 0 Å². The van der Waals surface area contributed by atoms with Crippen molar-refractivity contribution in [2.45, 2.75) is 13.1 Å². The third-order valence-corrected chi connectivity index (χ3v) is 5.62. The minimum Gasteiger partial charge on any atom is -0.505 e. The van der Waals surface area contributed by atoms with E-state index in [1.807, 2.05) is 30.3 Å². The summed E-state index contributed by atoms with van der Waals surface area (Å²) in [6.45, 7) is -0.0367. The number of nitrogens with zero attached hydrogens (tertiary/aromatic N) is 1. The number of thiophene rings is 1. The van der Waals surface area contributed by atoms with Gasteiger partial charge in [0.2, 0.25) is 0 Å². The number of halogens is 2. The molecule has 8 heteroatoms. The molecule has 2 heterocycles. The largest absolute Gasteiger partial charge is 0.505 e. The minimum absolute atomic E-state index is 0.0612. The zero-order valence-corrected chi connectivity index (χ0v) is 16.4. The summed E-state index contributed by atoms with van der Waals surface area (Å²) in [5.74, 6) is -2.79. The van der Waals surface area contributed by atoms with Gasteiger partial charge in [-0.05, 0) is 23.1 Å². The van der Waals surface area contributed by atoms with Crippen molar-refractivity contribution in [3.63, 3.8) is 0 Å². The molecule has 0 bridgehead atoms. The Hall–Kier alpha value is -3.52. The fourth-order valence-electron chi connectivity index (χ4n) is 3.21. The summed E-state index contributed by atoms with van der Waals surface area (Å²) < 4.78 is 28.7. The van der Waals surface area contributed by atoms with Gasteiger partial charge in [-0.15, -0.1) is 11.3 Å². The molecule has 30 heavy (non-hydrogen) atoms. The van der Waals surface area contributed by atoms with E-state index < -0.39 is 34.4 Å². The summed E-state index contributed by atoms with van der Waals surface area (Å²) >= 11 is 1.21. The maximum atomic E-state index is 13.8. The van der Waals surface area contributed by atoms with Crippen molar-refractivity contribution in [3.8, 4) is 5.75 Å². The Morgan fingerprint density at radius 2 is 1.87 bits per heavy atom. The van der Waals surface area contributed by atoms with Crippen molar-refractivity contribution in [3.05, 3.63) is 98.7 Å². The van der Waals surface area contributed by atoms with Crippen LogP contribution in [0, 0.1) is 11.6 Å². The number of nitrogens with one attached hydrogen (secondary N) is 1. The number of hydrogen-bond acceptors (Lipinski definition) is 4. The molecular weight excluding hydrogens is 410 g/mol. The van der Waals surface area contributed by atoms with Crippen LogP contribution in [0.4, 0.5) is 8.78 Å². The molecule has 0 spiro atoms. The Bertz CT molecular complexity index is 1300. The second kappa shape index (κ2) is 8.08. The average molecular weight is 426 g/mol. The molecule has 0 fully saturated rings. The molecule has 5 nitrogen and oxygen atoms in total. The first-order valence-corrected chi connectivity index (χ1v) is 9.92. The molecule has 0 saturated heterocycles. The smallest absolute Gasteiger partial charge is 0.268 e. The molecule has 4 aromatic rings. The topological polar surface area (TPSA) is 71.3 Å². The maximum Gasteiger partial charge on any atom is 0.268 e. The van der Waals surface area contributed by atoms with Gasteiger partial charge in [-0.3, -0.25) is 9.59 Å². The first-order chi connectivity index (χ1) is 14.5. The van der Waals surface area contributed by atoms with Gasteiger partial charge >= 0.3 is 0 Å². The van der Waals surface area contributed by atoms with E-state index in [1.54, 1.807) is 11.4 Å². The molecule has 2 aromatic carbocycles. The molecular formula is C22H16F2N2O3S. The zero-order chi connectivity index (χ0) is 21.3. The Morgan fingerprint density at radius 3 is 2.60 bits per heavy atom. The molecule has 0 aliphatic heterocycles. The van der Waals surface area contributed by atoms with Crippen LogP contribution in [0.3, 0.4) is 0 Å². The highest BCUT2D eigenvalue weighted by molar-refractivity contribution is 7.17. The van der Waals surface area contributed by atoms with Gasteiger partial charge in [0.1, 0.15) is 17.2 Å². The summed E-state index contributed by atoms with van der Waals surface area (Å²) in [5, 5.41) is 14.7. The van der Waals surface area contributed by atoms with Crippen LogP contribution in [-0.4, -0.2) is 15.6 Å². The number of benzene rings is 2. The third kappa shape index (κ3) is 3.69. The van der Waals surface area contributed by atoms with E-state index in [2.05, 4.69) is 5.32 Å². The molecule has 0 saturated carbocycles. The van der Waals surface area contributed by atoms with E-state index >= 15 is 0 Å². The van der Waals surface area contributed by atoms with Crippen molar-refractivity contribution >= 4 is 27.5 Å². The van der Waals surface area contributed by atoms with Gasteiger partial charge in [-0.25, -0.2) is 8.78 Å². The average Bonchev–Trinajstić information content (AvgIpc) is 3.21. The Kier molecular flexibility index (Phi) is 5.33. The molecule has 2 aromatic heterocycles. The van der Waals surface area contributed by atoms with E-state index in [0.29, 0.717) is 16.3 Å². The minimum atomic E-state index is -0.835. The standard InChI is InChI=1S/C22H16F2N2O3S/c23-15-7-6-14(16(24)10-15)11-25-21(28)18-19(27)20-17(8-9-30-20)26(22(18)29)12-13-4-2-1-3-5-13/h1-10,27H,11-12H2,(H,25,28). The Labute approximate surface area is 173 Å². The summed E-state index contributed by atoms with van der Waals surface area (Å²) in [5.41, 5.74) is 0.374. The van der Waals surface area contributed by atoms with Crippen LogP contribution >= 0.6 is 11.3 Å². The number of pyridine rings is 1. The van der Waals surface area contributed by atoms with Crippen LogP contribution in [0.5, 0.6) is 5.75 Å². The molecule has 0 unspecified atom stereocenters. The predicted molar refractivity (Wildman–Crippen MR) is 111 cm³/mol. The van der Waals surface area contributed by atoms with Crippen molar-refractivity contribution in [1.82, 2.24) is 9.88 Å². The van der Waals surface area contributed by atoms with Gasteiger partial charge in [0.05, 0.1) is 16.8 Å². The van der Waals surface area contributed by atoms with E-state index in [9.17, 15) is 23.5 Å². The highest BCUT2D eigenvalue weighted by atomic mass is 32.1. The fraction of sp³-hybridized carbons (Fsp3) is 0.0909. The van der Waals surface area contributed by atoms with Gasteiger partial charge in [0, 0.05) is 18.2 Å². The summed E-state index contributed by atoms with van der Waals surface area (Å²) in [7, 11) is 0. The molecule has 0 atom stereocenters. The highest BCUT2D eigenvalue weighted by Gasteiger charge is 2.23. The van der Waals surface area contributed by atoms with E-state index in [1.165, 1.54) is 22.0 Å². The van der Waals surface area contributed by atoms with Crippen molar-refractivity contribution < 1.29 is 18.7 Å². The number of fused-ring (bicyclic) bond motifs is 1. The molecule has 152 valence electrons. The van der Waals surface area contributed by atoms with Gasteiger partial charge in [0.25, 0.3) is 11.5 Å². The number of amides is 1. The molecule has 2 N–H and O–H groups in total. The van der Waals surface area contributed by atoms with Gasteiger partial charge in [-0.1, -0.05) is 36.4 Å². The zero-order valence-electron chi connectivity index (χ0n) is 15.6. The van der Waals surface area contributed by atoms with Gasteiger partial charge in [0.15, 0.2) is 5.75 Å². The van der Waals surface area contributed by atoms with Crippen LogP contribution in [0.2, 0.25) is 0 Å². The number of carbonyl (C=O) groups is 1. The Balaban J connectivity index is 1.71. The lowest BCUT2D eigenvalue weighted by Gasteiger charge is -2.13. The quantitative estimate of drug-likeness (QED) is 0.506. The molecule has 0 aliphatic rings. The highest BCUT2D eigenvalue weighted by Crippen LogP contribution is 2.31. The number of carbonyl (C=O) groups excluding carboxylic acids is 1. The number of aromatic nitrogens is 1. The summed E-state index contributed by atoms with van der Waals surface area (Å²) in [6.07, 6.45) is 0. The number of hydrogen-bond donors (Lipinski definition) is 2. The van der Waals surface area contributed by atoms with Gasteiger partial charge in [-0.2, -0.15) is 0 Å². The SMILES string of the molecule is O=C(NCc1ccc(F)cc1F)c1c(O)c2sccc2n(Cc2ccccc2)c1=O. The van der Waals surface area contributed by atoms with Crippen LogP contribution < -0.4 is 10.9 Å². The third-order valence-electron chi connectivity index (χ3n) is 4.71. The van der Waals surface area contributed by atoms with Crippen LogP contribution in [0.1, 0.15) is 21.5 Å². The number of rotatable bonds is 5. The van der Waals surface area contributed by atoms with E-state index in [4.69, 9.17) is 0 Å². The summed E-state index contributed by atoms with van der Waals surface area (Å²) in [4.78, 5) is 25.8. The second-order valence-corrected chi connectivity index (χ2v) is 7.57. The molecule has 0 aliphatic carbocycles. The van der Waals surface area contributed by atoms with Crippen LogP contribution in [-0.2, 0) is 13.1 Å². The van der Waals surface area contributed by atoms with E-state index in [0.717, 1.165) is 11.6 Å². The normalized spacial score (nSPS) is 11.0. The second-order valence-electron chi connectivity index (χ2n) is 6.65. The fourth-order valence-corrected chi connectivity index (χ4v) is 4.05. The van der Waals surface area contributed by atoms with Crippen LogP contribution in [0.25, 0.3) is 10.2 Å². The predicted octanol–water partition coefficient (Wildman–Crippen LogP) is 4.03. The lowest BCUT2D eigenvalue weighted by molar-refractivity contribution is 0.0946. The van der Waals surface area contributed by atoms with Gasteiger partial charge < -0.3 is 15.0 Å². The monoisotopic (exact) mass is 426 g/mol. The number of aromatic hydroxyl groups is 1. The lowest BCUT2D eigenvalue weighted by Crippen LogP contribution is -2.33. The summed E-state index contributed by atoms with van der Waals surface area (Å²) in [6, 6.07) is 14.0. The van der Waals surface area contributed by atoms with Crippen LogP contribution in [0.15, 0.2) is 64.8 Å². The first-order valence-electron chi connectivity index (χ1n) is 9.04. The first kappa shape index (κ1) is 19.8. The lowest BCUT2D eigenvalue weighted by atomic mass is 10.1. The Morgan fingerprint density at radius 1 is 1.10 bits per heavy atom. The van der Waals surface area contributed by atoms with Crippen molar-refractivity contribution in [2.24, 2.45) is 0 Å². The maximum absolute atomic E-state index is 13.8. The molecule has 0 radical (unpaired) electrons. The molecule has 1 amide bonds. The van der Waals surface area contributed by atoms with E-state index in [-0.39, 0.29) is 18.7 Å².